The zero-order valence-corrected chi connectivity index (χ0v) is 13.6. The SMILES string of the molecule is Cc1ccc(OCCn2c(NC(N)=S)nc3ccccc32)cc1. The van der Waals surface area contributed by atoms with Gasteiger partial charge in [0.15, 0.2) is 5.11 Å². The van der Waals surface area contributed by atoms with Gasteiger partial charge in [-0.15, -0.1) is 0 Å². The molecule has 0 amide bonds. The fourth-order valence-electron chi connectivity index (χ4n) is 2.40. The second-order valence-corrected chi connectivity index (χ2v) is 5.67. The van der Waals surface area contributed by atoms with Crippen molar-refractivity contribution in [3.05, 3.63) is 54.1 Å². The molecule has 0 aliphatic carbocycles. The van der Waals surface area contributed by atoms with Gasteiger partial charge in [0.1, 0.15) is 12.4 Å². The van der Waals surface area contributed by atoms with Gasteiger partial charge in [-0.3, -0.25) is 0 Å². The molecule has 0 atom stereocenters. The minimum Gasteiger partial charge on any atom is -0.492 e. The monoisotopic (exact) mass is 326 g/mol. The van der Waals surface area contributed by atoms with Gasteiger partial charge in [-0.1, -0.05) is 29.8 Å². The maximum absolute atomic E-state index is 5.80. The molecule has 0 radical (unpaired) electrons. The van der Waals surface area contributed by atoms with Crippen LogP contribution in [0.1, 0.15) is 5.56 Å². The van der Waals surface area contributed by atoms with Crippen LogP contribution >= 0.6 is 12.2 Å². The number of fused-ring (bicyclic) bond motifs is 1. The van der Waals surface area contributed by atoms with Crippen molar-refractivity contribution in [3.8, 4) is 5.75 Å². The molecule has 0 aliphatic heterocycles. The lowest BCUT2D eigenvalue weighted by Gasteiger charge is -2.11. The number of benzene rings is 2. The first-order valence-electron chi connectivity index (χ1n) is 7.34. The molecule has 0 unspecified atom stereocenters. The summed E-state index contributed by atoms with van der Waals surface area (Å²) in [5, 5.41) is 3.12. The summed E-state index contributed by atoms with van der Waals surface area (Å²) in [7, 11) is 0. The molecule has 0 aliphatic rings. The molecule has 5 nitrogen and oxygen atoms in total. The van der Waals surface area contributed by atoms with E-state index in [-0.39, 0.29) is 5.11 Å². The number of anilines is 1. The minimum absolute atomic E-state index is 0.195. The molecule has 3 N–H and O–H groups in total. The van der Waals surface area contributed by atoms with Crippen molar-refractivity contribution in [3.63, 3.8) is 0 Å². The quantitative estimate of drug-likeness (QED) is 0.705. The predicted octanol–water partition coefficient (Wildman–Crippen LogP) is 3.08. The predicted molar refractivity (Wildman–Crippen MR) is 96.8 cm³/mol. The van der Waals surface area contributed by atoms with Gasteiger partial charge in [-0.2, -0.15) is 0 Å². The summed E-state index contributed by atoms with van der Waals surface area (Å²) < 4.78 is 7.82. The largest absolute Gasteiger partial charge is 0.492 e. The molecule has 6 heteroatoms. The zero-order valence-electron chi connectivity index (χ0n) is 12.8. The standard InChI is InChI=1S/C17H18N4OS/c1-12-6-8-13(9-7-12)22-11-10-21-15-5-3-2-4-14(15)19-17(21)20-16(18)23/h2-9H,10-11H2,1H3,(H3,18,19,20,23). The lowest BCUT2D eigenvalue weighted by molar-refractivity contribution is 0.301. The summed E-state index contributed by atoms with van der Waals surface area (Å²) >= 11 is 4.93. The number of hydrogen-bond acceptors (Lipinski definition) is 3. The van der Waals surface area contributed by atoms with Gasteiger partial charge >= 0.3 is 0 Å². The number of nitrogens with two attached hydrogens (primary N) is 1. The van der Waals surface area contributed by atoms with E-state index in [1.165, 1.54) is 5.56 Å². The van der Waals surface area contributed by atoms with Gasteiger partial charge in [-0.25, -0.2) is 4.98 Å². The highest BCUT2D eigenvalue weighted by Gasteiger charge is 2.10. The first kappa shape index (κ1) is 15.3. The summed E-state index contributed by atoms with van der Waals surface area (Å²) in [6.07, 6.45) is 0. The lowest BCUT2D eigenvalue weighted by Crippen LogP contribution is -2.22. The molecule has 23 heavy (non-hydrogen) atoms. The fraction of sp³-hybridized carbons (Fsp3) is 0.176. The van der Waals surface area contributed by atoms with Crippen LogP contribution in [-0.4, -0.2) is 21.3 Å². The Hall–Kier alpha value is -2.60. The number of aromatic nitrogens is 2. The number of imidazole rings is 1. The van der Waals surface area contributed by atoms with Gasteiger partial charge in [0.05, 0.1) is 17.6 Å². The van der Waals surface area contributed by atoms with E-state index in [9.17, 15) is 0 Å². The van der Waals surface area contributed by atoms with Crippen molar-refractivity contribution >= 4 is 34.3 Å². The Kier molecular flexibility index (Phi) is 4.43. The van der Waals surface area contributed by atoms with E-state index in [1.54, 1.807) is 0 Å². The lowest BCUT2D eigenvalue weighted by atomic mass is 10.2. The molecule has 2 aromatic carbocycles. The van der Waals surface area contributed by atoms with Crippen LogP contribution in [0, 0.1) is 6.92 Å². The first-order chi connectivity index (χ1) is 11.1. The Labute approximate surface area is 140 Å². The third-order valence-corrected chi connectivity index (χ3v) is 3.60. The van der Waals surface area contributed by atoms with Crippen LogP contribution in [0.4, 0.5) is 5.95 Å². The van der Waals surface area contributed by atoms with Crippen molar-refractivity contribution in [1.29, 1.82) is 0 Å². The van der Waals surface area contributed by atoms with Gasteiger partial charge < -0.3 is 20.4 Å². The van der Waals surface area contributed by atoms with Crippen molar-refractivity contribution in [2.24, 2.45) is 5.73 Å². The van der Waals surface area contributed by atoms with Crippen LogP contribution < -0.4 is 15.8 Å². The highest BCUT2D eigenvalue weighted by atomic mass is 32.1. The molecule has 1 aromatic heterocycles. The summed E-state index contributed by atoms with van der Waals surface area (Å²) in [6.45, 7) is 3.21. The molecule has 0 fully saturated rings. The smallest absolute Gasteiger partial charge is 0.210 e. The number of thiocarbonyl (C=S) groups is 1. The number of para-hydroxylation sites is 2. The molecule has 0 saturated carbocycles. The highest BCUT2D eigenvalue weighted by molar-refractivity contribution is 7.80. The molecule has 3 aromatic rings. The molecular weight excluding hydrogens is 308 g/mol. The van der Waals surface area contributed by atoms with E-state index in [2.05, 4.69) is 17.2 Å². The number of nitrogens with one attached hydrogen (secondary N) is 1. The summed E-state index contributed by atoms with van der Waals surface area (Å²) in [4.78, 5) is 4.52. The number of hydrogen-bond donors (Lipinski definition) is 2. The summed E-state index contributed by atoms with van der Waals surface area (Å²) in [5.74, 6) is 1.48. The third-order valence-electron chi connectivity index (χ3n) is 3.49. The van der Waals surface area contributed by atoms with E-state index in [4.69, 9.17) is 22.7 Å². The van der Waals surface area contributed by atoms with E-state index in [0.717, 1.165) is 16.8 Å². The van der Waals surface area contributed by atoms with Crippen molar-refractivity contribution in [2.45, 2.75) is 13.5 Å². The fourth-order valence-corrected chi connectivity index (χ4v) is 2.49. The van der Waals surface area contributed by atoms with Crippen molar-refractivity contribution in [1.82, 2.24) is 9.55 Å². The van der Waals surface area contributed by atoms with Crippen LogP contribution in [0.15, 0.2) is 48.5 Å². The van der Waals surface area contributed by atoms with Crippen LogP contribution in [0.3, 0.4) is 0 Å². The van der Waals surface area contributed by atoms with E-state index in [1.807, 2.05) is 53.1 Å². The highest BCUT2D eigenvalue weighted by Crippen LogP contribution is 2.20. The van der Waals surface area contributed by atoms with Gasteiger partial charge in [0.2, 0.25) is 5.95 Å². The van der Waals surface area contributed by atoms with E-state index < -0.39 is 0 Å². The maximum atomic E-state index is 5.80. The molecular formula is C17H18N4OS. The number of nitrogens with zero attached hydrogens (tertiary/aromatic N) is 2. The summed E-state index contributed by atoms with van der Waals surface area (Å²) in [6, 6.07) is 15.9. The Morgan fingerprint density at radius 1 is 1.22 bits per heavy atom. The van der Waals surface area contributed by atoms with Crippen LogP contribution in [0.25, 0.3) is 11.0 Å². The van der Waals surface area contributed by atoms with Gasteiger partial charge in [-0.05, 0) is 43.4 Å². The number of aryl methyl sites for hydroxylation is 1. The Bertz CT molecular complexity index is 826. The minimum atomic E-state index is 0.195. The van der Waals surface area contributed by atoms with Gasteiger partial charge in [0, 0.05) is 0 Å². The van der Waals surface area contributed by atoms with Crippen LogP contribution in [0.5, 0.6) is 5.75 Å². The van der Waals surface area contributed by atoms with Crippen molar-refractivity contribution in [2.75, 3.05) is 11.9 Å². The Balaban J connectivity index is 1.77. The molecule has 0 spiro atoms. The normalized spacial score (nSPS) is 10.7. The second kappa shape index (κ2) is 6.66. The second-order valence-electron chi connectivity index (χ2n) is 5.23. The molecule has 0 bridgehead atoms. The van der Waals surface area contributed by atoms with Crippen molar-refractivity contribution < 1.29 is 4.74 Å². The van der Waals surface area contributed by atoms with Gasteiger partial charge in [0.25, 0.3) is 0 Å². The Morgan fingerprint density at radius 2 is 1.96 bits per heavy atom. The van der Waals surface area contributed by atoms with Crippen LogP contribution in [-0.2, 0) is 6.54 Å². The Morgan fingerprint density at radius 3 is 2.70 bits per heavy atom. The topological polar surface area (TPSA) is 65.1 Å². The molecule has 1 heterocycles. The summed E-state index contributed by atoms with van der Waals surface area (Å²) in [5.41, 5.74) is 8.70. The van der Waals surface area contributed by atoms with Crippen LogP contribution in [0.2, 0.25) is 0 Å². The van der Waals surface area contributed by atoms with E-state index >= 15 is 0 Å². The van der Waals surface area contributed by atoms with E-state index in [0.29, 0.717) is 19.1 Å². The molecule has 3 rings (SSSR count). The third kappa shape index (κ3) is 3.60. The zero-order chi connectivity index (χ0) is 16.2. The maximum Gasteiger partial charge on any atom is 0.210 e. The average molecular weight is 326 g/mol. The first-order valence-corrected chi connectivity index (χ1v) is 7.75. The average Bonchev–Trinajstić information content (AvgIpc) is 2.86. The number of rotatable bonds is 5. The molecule has 0 saturated heterocycles. The molecule has 118 valence electrons. The number of ether oxygens (including phenoxy) is 1.